The van der Waals surface area contributed by atoms with Crippen molar-refractivity contribution in [1.29, 1.82) is 0 Å². The van der Waals surface area contributed by atoms with Gasteiger partial charge in [-0.25, -0.2) is 0 Å². The van der Waals surface area contributed by atoms with Crippen molar-refractivity contribution in [3.8, 4) is 0 Å². The molecule has 5 rings (SSSR count). The maximum absolute atomic E-state index is 15.3. The number of anilines is 1. The summed E-state index contributed by atoms with van der Waals surface area (Å²) in [5.41, 5.74) is 1.36. The number of hydrogen-bond donors (Lipinski definition) is 0. The van der Waals surface area contributed by atoms with E-state index in [9.17, 15) is 4.79 Å². The molecular weight excluding hydrogens is 466 g/mol. The van der Waals surface area contributed by atoms with Crippen molar-refractivity contribution in [2.24, 2.45) is 0 Å². The monoisotopic (exact) mass is 486 g/mol. The molecule has 0 amide bonds. The largest absolute Gasteiger partial charge is 0.336 e. The first-order valence-electron chi connectivity index (χ1n) is 10.2. The van der Waals surface area contributed by atoms with Gasteiger partial charge in [0.05, 0.1) is 12.1 Å². The average Bonchev–Trinajstić information content (AvgIpc) is 3.10. The lowest BCUT2D eigenvalue weighted by atomic mass is 10.0. The summed E-state index contributed by atoms with van der Waals surface area (Å²) >= 11 is 3.46. The minimum atomic E-state index is -3.12. The molecule has 2 aliphatic rings. The number of aromatic nitrogens is 2. The molecule has 0 radical (unpaired) electrons. The smallest absolute Gasteiger partial charge is 0.300 e. The van der Waals surface area contributed by atoms with Crippen molar-refractivity contribution in [2.45, 2.75) is 32.1 Å². The summed E-state index contributed by atoms with van der Waals surface area (Å²) in [5.74, 6) is -2.79. The highest BCUT2D eigenvalue weighted by Gasteiger charge is 2.46. The molecule has 2 aliphatic heterocycles. The first kappa shape index (κ1) is 20.3. The van der Waals surface area contributed by atoms with Crippen LogP contribution in [0.15, 0.2) is 63.9 Å². The van der Waals surface area contributed by atoms with Crippen LogP contribution in [0.25, 0.3) is 0 Å². The Hall–Kier alpha value is -2.58. The van der Waals surface area contributed by atoms with Gasteiger partial charge in [-0.1, -0.05) is 58.4 Å². The summed E-state index contributed by atoms with van der Waals surface area (Å²) in [4.78, 5) is 20.6. The zero-order valence-electron chi connectivity index (χ0n) is 16.8. The van der Waals surface area contributed by atoms with Crippen molar-refractivity contribution in [2.75, 3.05) is 18.0 Å². The fraction of sp³-hybridized carbons (Fsp3) is 0.304. The summed E-state index contributed by atoms with van der Waals surface area (Å²) in [5, 5.41) is 0. The standard InChI is InChI=1S/C23H21BrF2N4O/c24-18-8-4-7-17(11-18)13-29-9-10-30-20-19(21(31)27-22(29)30)14-28(15-23(20,25)26)12-16-5-2-1-3-6-16/h1-8,11H,9-10,12-15H2. The van der Waals surface area contributed by atoms with E-state index in [2.05, 4.69) is 20.9 Å². The molecule has 0 aliphatic carbocycles. The Morgan fingerprint density at radius 2 is 1.77 bits per heavy atom. The second-order valence-corrected chi connectivity index (χ2v) is 9.00. The summed E-state index contributed by atoms with van der Waals surface area (Å²) in [6.07, 6.45) is 0. The predicted octanol–water partition coefficient (Wildman–Crippen LogP) is 4.13. The number of fused-ring (bicyclic) bond motifs is 3. The van der Waals surface area contributed by atoms with Gasteiger partial charge in [-0.2, -0.15) is 13.8 Å². The second kappa shape index (κ2) is 7.84. The zero-order valence-corrected chi connectivity index (χ0v) is 18.4. The van der Waals surface area contributed by atoms with Crippen LogP contribution < -0.4 is 10.5 Å². The molecule has 0 bridgehead atoms. The van der Waals surface area contributed by atoms with Gasteiger partial charge < -0.3 is 9.47 Å². The fourth-order valence-electron chi connectivity index (χ4n) is 4.51. The van der Waals surface area contributed by atoms with Gasteiger partial charge in [-0.3, -0.25) is 9.69 Å². The molecule has 1 aromatic heterocycles. The molecule has 0 spiro atoms. The minimum Gasteiger partial charge on any atom is -0.336 e. The topological polar surface area (TPSA) is 41.4 Å². The molecule has 3 heterocycles. The second-order valence-electron chi connectivity index (χ2n) is 8.08. The van der Waals surface area contributed by atoms with E-state index in [1.165, 1.54) is 0 Å². The molecule has 0 fully saturated rings. The molecule has 0 unspecified atom stereocenters. The lowest BCUT2D eigenvalue weighted by molar-refractivity contribution is -0.0621. The third-order valence-electron chi connectivity index (χ3n) is 5.80. The van der Waals surface area contributed by atoms with Crippen molar-refractivity contribution in [3.05, 3.63) is 91.8 Å². The van der Waals surface area contributed by atoms with Crippen molar-refractivity contribution in [3.63, 3.8) is 0 Å². The van der Waals surface area contributed by atoms with Gasteiger partial charge in [-0.15, -0.1) is 0 Å². The van der Waals surface area contributed by atoms with E-state index in [0.717, 1.165) is 15.6 Å². The van der Waals surface area contributed by atoms with E-state index in [-0.39, 0.29) is 17.8 Å². The van der Waals surface area contributed by atoms with Crippen molar-refractivity contribution >= 4 is 21.9 Å². The molecule has 5 nitrogen and oxygen atoms in total. The lowest BCUT2D eigenvalue weighted by Gasteiger charge is -2.35. The van der Waals surface area contributed by atoms with Crippen molar-refractivity contribution in [1.82, 2.24) is 14.5 Å². The molecule has 2 aromatic carbocycles. The Bertz CT molecular complexity index is 1180. The highest BCUT2D eigenvalue weighted by molar-refractivity contribution is 9.10. The maximum Gasteiger partial charge on any atom is 0.300 e. The molecule has 160 valence electrons. The van der Waals surface area contributed by atoms with E-state index >= 15 is 8.78 Å². The Labute approximate surface area is 187 Å². The van der Waals surface area contributed by atoms with Crippen LogP contribution in [0.1, 0.15) is 22.4 Å². The number of alkyl halides is 2. The SMILES string of the molecule is O=c1nc2n(c3c1CN(Cc1ccccc1)CC3(F)F)CCN2Cc1cccc(Br)c1. The van der Waals surface area contributed by atoms with Gasteiger partial charge in [0.15, 0.2) is 0 Å². The first-order chi connectivity index (χ1) is 14.9. The molecule has 8 heteroatoms. The fourth-order valence-corrected chi connectivity index (χ4v) is 4.96. The molecule has 0 N–H and O–H groups in total. The Morgan fingerprint density at radius 1 is 1.00 bits per heavy atom. The van der Waals surface area contributed by atoms with Crippen LogP contribution in [-0.4, -0.2) is 27.5 Å². The van der Waals surface area contributed by atoms with E-state index in [1.807, 2.05) is 59.5 Å². The van der Waals surface area contributed by atoms with Crippen LogP contribution in [0.2, 0.25) is 0 Å². The number of hydrogen-bond acceptors (Lipinski definition) is 4. The van der Waals surface area contributed by atoms with E-state index < -0.39 is 18.0 Å². The van der Waals surface area contributed by atoms with E-state index in [0.29, 0.717) is 32.1 Å². The van der Waals surface area contributed by atoms with Crippen LogP contribution in [0.4, 0.5) is 14.7 Å². The van der Waals surface area contributed by atoms with Gasteiger partial charge in [0, 0.05) is 37.2 Å². The molecular formula is C23H21BrF2N4O. The van der Waals surface area contributed by atoms with Crippen LogP contribution >= 0.6 is 15.9 Å². The Balaban J connectivity index is 1.48. The summed E-state index contributed by atoms with van der Waals surface area (Å²) in [7, 11) is 0. The van der Waals surface area contributed by atoms with Gasteiger partial charge in [-0.05, 0) is 23.3 Å². The highest BCUT2D eigenvalue weighted by atomic mass is 79.9. The lowest BCUT2D eigenvalue weighted by Crippen LogP contribution is -2.45. The molecule has 0 atom stereocenters. The normalized spacial score (nSPS) is 17.5. The molecule has 3 aromatic rings. The summed E-state index contributed by atoms with van der Waals surface area (Å²) < 4.78 is 33.2. The minimum absolute atomic E-state index is 0.111. The molecule has 31 heavy (non-hydrogen) atoms. The quantitative estimate of drug-likeness (QED) is 0.555. The van der Waals surface area contributed by atoms with Crippen molar-refractivity contribution < 1.29 is 8.78 Å². The molecule has 0 saturated heterocycles. The number of rotatable bonds is 4. The van der Waals surface area contributed by atoms with Gasteiger partial charge in [0.2, 0.25) is 5.95 Å². The van der Waals surface area contributed by atoms with Crippen LogP contribution in [0.3, 0.4) is 0 Å². The zero-order chi connectivity index (χ0) is 21.6. The average molecular weight is 487 g/mol. The van der Waals surface area contributed by atoms with Gasteiger partial charge >= 0.3 is 5.92 Å². The highest BCUT2D eigenvalue weighted by Crippen LogP contribution is 2.38. The number of halogens is 3. The van der Waals surface area contributed by atoms with E-state index in [1.54, 1.807) is 9.47 Å². The maximum atomic E-state index is 15.3. The van der Waals surface area contributed by atoms with Crippen LogP contribution in [-0.2, 0) is 32.1 Å². The van der Waals surface area contributed by atoms with Crippen LogP contribution in [0, 0.1) is 0 Å². The third kappa shape index (κ3) is 3.90. The number of nitrogens with zero attached hydrogens (tertiary/aromatic N) is 4. The Kier molecular flexibility index (Phi) is 5.14. The van der Waals surface area contributed by atoms with Crippen LogP contribution in [0.5, 0.6) is 0 Å². The van der Waals surface area contributed by atoms with E-state index in [4.69, 9.17) is 0 Å². The Morgan fingerprint density at radius 3 is 2.55 bits per heavy atom. The van der Waals surface area contributed by atoms with Gasteiger partial charge in [0.25, 0.3) is 5.56 Å². The third-order valence-corrected chi connectivity index (χ3v) is 6.29. The predicted molar refractivity (Wildman–Crippen MR) is 118 cm³/mol. The first-order valence-corrected chi connectivity index (χ1v) is 11.0. The van der Waals surface area contributed by atoms with Gasteiger partial charge in [0.1, 0.15) is 5.69 Å². The number of benzene rings is 2. The molecule has 0 saturated carbocycles. The summed E-state index contributed by atoms with van der Waals surface area (Å²) in [6.45, 7) is 1.58. The summed E-state index contributed by atoms with van der Waals surface area (Å²) in [6, 6.07) is 17.3.